The number of hydrogen-bond donors (Lipinski definition) is 1. The topological polar surface area (TPSA) is 69.4 Å². The van der Waals surface area contributed by atoms with E-state index in [9.17, 15) is 9.59 Å². The molecule has 1 rings (SSSR count). The first kappa shape index (κ1) is 13.7. The summed E-state index contributed by atoms with van der Waals surface area (Å²) in [5.74, 6) is -0.414. The zero-order valence-corrected chi connectivity index (χ0v) is 11.1. The van der Waals surface area contributed by atoms with Gasteiger partial charge in [0, 0.05) is 12.1 Å². The molecule has 0 radical (unpaired) electrons. The van der Waals surface area contributed by atoms with Crippen LogP contribution in [-0.4, -0.2) is 23.7 Å². The van der Waals surface area contributed by atoms with Crippen LogP contribution in [0, 0.1) is 0 Å². The number of halogens is 1. The summed E-state index contributed by atoms with van der Waals surface area (Å²) in [4.78, 5) is 22.9. The average Bonchev–Trinajstić information content (AvgIpc) is 2.31. The van der Waals surface area contributed by atoms with Gasteiger partial charge in [0.25, 0.3) is 0 Å². The van der Waals surface area contributed by atoms with Crippen LogP contribution in [0.2, 0.25) is 0 Å². The Kier molecular flexibility index (Phi) is 5.15. The van der Waals surface area contributed by atoms with Crippen LogP contribution in [0.1, 0.15) is 22.8 Å². The van der Waals surface area contributed by atoms with E-state index in [1.54, 1.807) is 25.1 Å². The lowest BCUT2D eigenvalue weighted by Gasteiger charge is -2.07. The highest BCUT2D eigenvalue weighted by molar-refractivity contribution is 9.09. The summed E-state index contributed by atoms with van der Waals surface area (Å²) in [5.41, 5.74) is 7.12. The Labute approximate surface area is 108 Å². The van der Waals surface area contributed by atoms with Gasteiger partial charge in [-0.15, -0.1) is 0 Å². The fourth-order valence-corrected chi connectivity index (χ4v) is 1.57. The Morgan fingerprint density at radius 2 is 2.12 bits per heavy atom. The van der Waals surface area contributed by atoms with E-state index in [1.165, 1.54) is 0 Å². The van der Waals surface area contributed by atoms with E-state index in [0.717, 1.165) is 5.56 Å². The minimum Gasteiger partial charge on any atom is -0.462 e. The van der Waals surface area contributed by atoms with Gasteiger partial charge in [0.05, 0.1) is 17.5 Å². The molecule has 17 heavy (non-hydrogen) atoms. The fourth-order valence-electron chi connectivity index (χ4n) is 1.37. The standard InChI is InChI=1S/C12H14BrNO3/c1-2-17-12(16)10-6-8(3-4-11(10)14)5-9(15)7-13/h3-4,6H,2,5,7,14H2,1H3. The first-order chi connectivity index (χ1) is 8.08. The second-order valence-electron chi connectivity index (χ2n) is 3.49. The van der Waals surface area contributed by atoms with E-state index >= 15 is 0 Å². The molecule has 0 aromatic heterocycles. The summed E-state index contributed by atoms with van der Waals surface area (Å²) in [6.45, 7) is 2.02. The van der Waals surface area contributed by atoms with Gasteiger partial charge >= 0.3 is 5.97 Å². The third-order valence-electron chi connectivity index (χ3n) is 2.16. The Balaban J connectivity index is 2.94. The van der Waals surface area contributed by atoms with Gasteiger partial charge in [0.15, 0.2) is 0 Å². The Morgan fingerprint density at radius 1 is 1.41 bits per heavy atom. The van der Waals surface area contributed by atoms with Gasteiger partial charge in [-0.2, -0.15) is 0 Å². The number of Topliss-reactive ketones (excluding diaryl/α,β-unsaturated/α-hetero) is 1. The quantitative estimate of drug-likeness (QED) is 0.512. The minimum atomic E-state index is -0.460. The molecule has 0 heterocycles. The van der Waals surface area contributed by atoms with Crippen molar-refractivity contribution in [3.8, 4) is 0 Å². The predicted molar refractivity (Wildman–Crippen MR) is 69.3 cm³/mol. The summed E-state index contributed by atoms with van der Waals surface area (Å²) in [7, 11) is 0. The normalized spacial score (nSPS) is 10.0. The van der Waals surface area contributed by atoms with Crippen molar-refractivity contribution in [2.45, 2.75) is 13.3 Å². The number of esters is 1. The molecule has 0 atom stereocenters. The van der Waals surface area contributed by atoms with Gasteiger partial charge in [-0.1, -0.05) is 22.0 Å². The number of ether oxygens (including phenoxy) is 1. The van der Waals surface area contributed by atoms with Gasteiger partial charge in [-0.25, -0.2) is 4.79 Å². The predicted octanol–water partition coefficient (Wildman–Crippen LogP) is 1.95. The van der Waals surface area contributed by atoms with E-state index in [1.807, 2.05) is 0 Å². The van der Waals surface area contributed by atoms with E-state index in [4.69, 9.17) is 10.5 Å². The van der Waals surface area contributed by atoms with Crippen LogP contribution in [-0.2, 0) is 16.0 Å². The van der Waals surface area contributed by atoms with Crippen LogP contribution >= 0.6 is 15.9 Å². The zero-order valence-electron chi connectivity index (χ0n) is 9.53. The van der Waals surface area contributed by atoms with Crippen molar-refractivity contribution in [3.05, 3.63) is 29.3 Å². The highest BCUT2D eigenvalue weighted by Crippen LogP contribution is 2.16. The second-order valence-corrected chi connectivity index (χ2v) is 4.05. The first-order valence-electron chi connectivity index (χ1n) is 5.21. The number of benzene rings is 1. The molecule has 92 valence electrons. The van der Waals surface area contributed by atoms with Crippen LogP contribution in [0.25, 0.3) is 0 Å². The molecule has 2 N–H and O–H groups in total. The second kappa shape index (κ2) is 6.39. The van der Waals surface area contributed by atoms with Gasteiger partial charge in [0.2, 0.25) is 0 Å². The van der Waals surface area contributed by atoms with Crippen molar-refractivity contribution in [3.63, 3.8) is 0 Å². The molecule has 0 spiro atoms. The maximum absolute atomic E-state index is 11.6. The molecule has 0 bridgehead atoms. The number of hydrogen-bond acceptors (Lipinski definition) is 4. The molecular weight excluding hydrogens is 286 g/mol. The smallest absolute Gasteiger partial charge is 0.340 e. The molecule has 0 amide bonds. The molecule has 0 aliphatic rings. The van der Waals surface area contributed by atoms with Gasteiger partial charge in [-0.3, -0.25) is 4.79 Å². The monoisotopic (exact) mass is 299 g/mol. The molecule has 4 nitrogen and oxygen atoms in total. The summed E-state index contributed by atoms with van der Waals surface area (Å²) < 4.78 is 4.88. The number of carbonyl (C=O) groups is 2. The number of carbonyl (C=O) groups excluding carboxylic acids is 2. The van der Waals surface area contributed by atoms with Crippen molar-refractivity contribution < 1.29 is 14.3 Å². The number of alkyl halides is 1. The van der Waals surface area contributed by atoms with Crippen LogP contribution in [0.3, 0.4) is 0 Å². The molecule has 0 aliphatic carbocycles. The number of ketones is 1. The van der Waals surface area contributed by atoms with E-state index in [0.29, 0.717) is 23.2 Å². The summed E-state index contributed by atoms with van der Waals surface area (Å²) in [5, 5.41) is 0.298. The van der Waals surface area contributed by atoms with Crippen LogP contribution in [0.5, 0.6) is 0 Å². The number of nitrogens with two attached hydrogens (primary N) is 1. The summed E-state index contributed by atoms with van der Waals surface area (Å²) >= 11 is 3.09. The summed E-state index contributed by atoms with van der Waals surface area (Å²) in [6, 6.07) is 4.95. The molecule has 0 fully saturated rings. The average molecular weight is 300 g/mol. The van der Waals surface area contributed by atoms with Gasteiger partial charge < -0.3 is 10.5 Å². The number of nitrogen functional groups attached to an aromatic ring is 1. The lowest BCUT2D eigenvalue weighted by atomic mass is 10.0. The molecule has 5 heteroatoms. The zero-order chi connectivity index (χ0) is 12.8. The minimum absolute atomic E-state index is 0.0459. The highest BCUT2D eigenvalue weighted by Gasteiger charge is 2.12. The lowest BCUT2D eigenvalue weighted by Crippen LogP contribution is -2.10. The number of rotatable bonds is 5. The molecule has 0 unspecified atom stereocenters. The van der Waals surface area contributed by atoms with Gasteiger partial charge in [-0.05, 0) is 24.6 Å². The van der Waals surface area contributed by atoms with Crippen molar-refractivity contribution in [2.75, 3.05) is 17.7 Å². The third-order valence-corrected chi connectivity index (χ3v) is 2.79. The molecule has 1 aromatic carbocycles. The third kappa shape index (κ3) is 3.85. The molecular formula is C12H14BrNO3. The largest absolute Gasteiger partial charge is 0.462 e. The molecule has 0 saturated heterocycles. The van der Waals surface area contributed by atoms with Crippen molar-refractivity contribution >= 4 is 33.4 Å². The van der Waals surface area contributed by atoms with Crippen molar-refractivity contribution in [2.24, 2.45) is 0 Å². The van der Waals surface area contributed by atoms with E-state index in [-0.39, 0.29) is 12.2 Å². The maximum atomic E-state index is 11.6. The Hall–Kier alpha value is -1.36. The van der Waals surface area contributed by atoms with Crippen LogP contribution < -0.4 is 5.73 Å². The molecule has 0 saturated carbocycles. The van der Waals surface area contributed by atoms with Crippen molar-refractivity contribution in [1.82, 2.24) is 0 Å². The summed E-state index contributed by atoms with van der Waals surface area (Å²) in [6.07, 6.45) is 0.276. The Morgan fingerprint density at radius 3 is 2.71 bits per heavy atom. The SMILES string of the molecule is CCOC(=O)c1cc(CC(=O)CBr)ccc1N. The van der Waals surface area contributed by atoms with Crippen LogP contribution in [0.15, 0.2) is 18.2 Å². The highest BCUT2D eigenvalue weighted by atomic mass is 79.9. The lowest BCUT2D eigenvalue weighted by molar-refractivity contribution is -0.115. The van der Waals surface area contributed by atoms with Crippen molar-refractivity contribution in [1.29, 1.82) is 0 Å². The maximum Gasteiger partial charge on any atom is 0.340 e. The first-order valence-corrected chi connectivity index (χ1v) is 6.33. The van der Waals surface area contributed by atoms with E-state index < -0.39 is 5.97 Å². The molecule has 0 aliphatic heterocycles. The van der Waals surface area contributed by atoms with Gasteiger partial charge in [0.1, 0.15) is 5.78 Å². The number of anilines is 1. The fraction of sp³-hybridized carbons (Fsp3) is 0.333. The van der Waals surface area contributed by atoms with E-state index in [2.05, 4.69) is 15.9 Å². The molecule has 1 aromatic rings. The Bertz CT molecular complexity index is 432. The van der Waals surface area contributed by atoms with Crippen LogP contribution in [0.4, 0.5) is 5.69 Å².